The largest absolute Gasteiger partial charge is 0.491 e. The number of hydrogen-bond donors (Lipinski definition) is 6. The Labute approximate surface area is 662 Å². The lowest BCUT2D eigenvalue weighted by atomic mass is 10.1. The minimum atomic E-state index is -0.988. The Morgan fingerprint density at radius 1 is 0.505 bits per heavy atom. The van der Waals surface area contributed by atoms with Gasteiger partial charge in [-0.1, -0.05) is 141 Å². The van der Waals surface area contributed by atoms with Gasteiger partial charge in [-0.2, -0.15) is 4.39 Å². The highest BCUT2D eigenvalue weighted by Gasteiger charge is 2.19. The molecule has 0 radical (unpaired) electrons. The number of hydrogen-bond acceptors (Lipinski definition) is 17. The van der Waals surface area contributed by atoms with Gasteiger partial charge in [0.1, 0.15) is 0 Å². The number of nitro benzene ring substituents is 2. The van der Waals surface area contributed by atoms with Crippen LogP contribution in [0, 0.1) is 50.4 Å². The number of rotatable bonds is 18. The maximum absolute atomic E-state index is 12.7. The Hall–Kier alpha value is -8.81. The number of halogens is 9. The Bertz CT molecular complexity index is 4570. The number of aryl methyl sites for hydroxylation is 3. The normalized spacial score (nSPS) is 9.96. The number of esters is 1. The number of para-hydroxylation sites is 4. The van der Waals surface area contributed by atoms with Gasteiger partial charge in [0.25, 0.3) is 0 Å². The van der Waals surface area contributed by atoms with E-state index in [0.717, 1.165) is 37.6 Å². The minimum Gasteiger partial charge on any atom is -0.491 e. The number of carboxylic acids is 2. The number of nitrogen functional groups attached to an aromatic ring is 2. The van der Waals surface area contributed by atoms with E-state index in [9.17, 15) is 48.9 Å². The molecule has 10 rings (SSSR count). The van der Waals surface area contributed by atoms with Crippen LogP contribution in [0.25, 0.3) is 21.8 Å². The number of aromatic nitrogens is 1. The lowest BCUT2D eigenvalue weighted by Crippen LogP contribution is -2.06. The molecular formula is C74H75Cl6FI2N6O16. The number of nitrogens with zero attached hydrogens (tertiary/aromatic N) is 2. The van der Waals surface area contributed by atoms with Crippen molar-refractivity contribution < 1.29 is 67.3 Å². The highest BCUT2D eigenvalue weighted by atomic mass is 127. The maximum atomic E-state index is 12.7. The van der Waals surface area contributed by atoms with Crippen LogP contribution in [0.15, 0.2) is 163 Å². The first-order valence-corrected chi connectivity index (χ1v) is 36.3. The molecule has 0 saturated carbocycles. The van der Waals surface area contributed by atoms with Crippen molar-refractivity contribution in [3.8, 4) is 28.7 Å². The molecule has 0 atom stereocenters. The second-order valence-corrected chi connectivity index (χ2v) is 25.1. The van der Waals surface area contributed by atoms with Crippen molar-refractivity contribution in [1.82, 2.24) is 4.98 Å². The van der Waals surface area contributed by atoms with E-state index in [-0.39, 0.29) is 44.0 Å². The Morgan fingerprint density at radius 3 is 1.46 bits per heavy atom. The van der Waals surface area contributed by atoms with Gasteiger partial charge in [0.15, 0.2) is 28.4 Å². The van der Waals surface area contributed by atoms with Gasteiger partial charge >= 0.3 is 29.3 Å². The number of carbonyl (C=O) groups excluding carboxylic acids is 1. The number of aromatic carboxylic acids is 2. The summed E-state index contributed by atoms with van der Waals surface area (Å²) >= 11 is 39.1. The number of aromatic amines is 1. The summed E-state index contributed by atoms with van der Waals surface area (Å²) in [6.07, 6.45) is 0. The van der Waals surface area contributed by atoms with Gasteiger partial charge in [0.2, 0.25) is 11.6 Å². The van der Waals surface area contributed by atoms with Crippen molar-refractivity contribution in [2.24, 2.45) is 0 Å². The van der Waals surface area contributed by atoms with Crippen molar-refractivity contribution in [1.29, 1.82) is 0 Å². The van der Waals surface area contributed by atoms with Gasteiger partial charge in [0.05, 0.1) is 132 Å². The molecule has 31 heteroatoms. The SMILES string of the molecule is CCOC(=O)CI.CCOc1c(Cl)ccc2c(=O)c3ccc(C)cc3[nH]c12.CCOc1c(Cl)cccc1I.CCOc1c(Cl)cccc1Nc1cc(C)ccc1C(=O)O.CCOc1c(Cl)cccc1[N+](=O)[O-].CCOc1c(N)cccc1Cl.Cc1ccc(C(=O)O)c(N)c1.O=[N+]([O-])c1cccc(Cl)c1F. The lowest BCUT2D eigenvalue weighted by Gasteiger charge is -2.15. The van der Waals surface area contributed by atoms with Crippen LogP contribution in [0.1, 0.15) is 78.9 Å². The van der Waals surface area contributed by atoms with Gasteiger partial charge in [-0.25, -0.2) is 9.59 Å². The lowest BCUT2D eigenvalue weighted by molar-refractivity contribution is -0.387. The first-order valence-electron chi connectivity index (χ1n) is 31.4. The number of benzene rings is 9. The van der Waals surface area contributed by atoms with E-state index >= 15 is 0 Å². The van der Waals surface area contributed by atoms with E-state index in [1.807, 2.05) is 107 Å². The summed E-state index contributed by atoms with van der Waals surface area (Å²) in [4.78, 5) is 67.0. The number of pyridine rings is 1. The number of nitro groups is 2. The van der Waals surface area contributed by atoms with Gasteiger partial charge in [-0.15, -0.1) is 0 Å². The van der Waals surface area contributed by atoms with Crippen molar-refractivity contribution in [2.75, 3.05) is 60.9 Å². The number of H-pyrrole nitrogens is 1. The number of nitrogens with two attached hydrogens (primary N) is 2. The average molecular weight is 1790 g/mol. The van der Waals surface area contributed by atoms with Crippen LogP contribution in [0.5, 0.6) is 28.7 Å². The van der Waals surface area contributed by atoms with Crippen molar-refractivity contribution in [2.45, 2.75) is 62.3 Å². The predicted molar refractivity (Wildman–Crippen MR) is 435 cm³/mol. The molecule has 1 heterocycles. The van der Waals surface area contributed by atoms with E-state index in [1.165, 1.54) is 30.3 Å². The molecule has 0 unspecified atom stereocenters. The van der Waals surface area contributed by atoms with E-state index in [2.05, 4.69) is 37.6 Å². The summed E-state index contributed by atoms with van der Waals surface area (Å²) in [5, 5.41) is 45.0. The summed E-state index contributed by atoms with van der Waals surface area (Å²) in [6, 6.07) is 43.5. The van der Waals surface area contributed by atoms with Crippen LogP contribution in [-0.4, -0.2) is 87.0 Å². The third kappa shape index (κ3) is 28.9. The van der Waals surface area contributed by atoms with Crippen molar-refractivity contribution in [3.63, 3.8) is 0 Å². The van der Waals surface area contributed by atoms with E-state index < -0.39 is 33.3 Å². The summed E-state index contributed by atoms with van der Waals surface area (Å²) in [6.45, 7) is 19.9. The number of carbonyl (C=O) groups is 3. The number of alkyl halides is 1. The smallest absolute Gasteiger partial charge is 0.337 e. The molecule has 105 heavy (non-hydrogen) atoms. The monoisotopic (exact) mass is 1790 g/mol. The van der Waals surface area contributed by atoms with Crippen LogP contribution in [0.3, 0.4) is 0 Å². The van der Waals surface area contributed by atoms with E-state index in [1.54, 1.807) is 98.8 Å². The first-order chi connectivity index (χ1) is 49.9. The molecule has 0 aliphatic carbocycles. The molecule has 0 fully saturated rings. The van der Waals surface area contributed by atoms with Crippen LogP contribution in [-0.2, 0) is 9.53 Å². The number of anilines is 4. The molecule has 0 aliphatic rings. The fraction of sp³-hybridized carbons (Fsp3) is 0.216. The van der Waals surface area contributed by atoms with Gasteiger partial charge in [0, 0.05) is 23.2 Å². The summed E-state index contributed by atoms with van der Waals surface area (Å²) in [7, 11) is 0. The average Bonchev–Trinajstić information content (AvgIpc) is 0.768. The molecule has 1 aromatic heterocycles. The highest BCUT2D eigenvalue weighted by molar-refractivity contribution is 14.1. The van der Waals surface area contributed by atoms with Gasteiger partial charge in [-0.3, -0.25) is 29.8 Å². The van der Waals surface area contributed by atoms with Crippen LogP contribution in [0.4, 0.5) is 38.5 Å². The second kappa shape index (κ2) is 46.9. The van der Waals surface area contributed by atoms with Gasteiger partial charge in [-0.05, 0) is 199 Å². The minimum absolute atomic E-state index is 0.00799. The van der Waals surface area contributed by atoms with Crippen LogP contribution >= 0.6 is 115 Å². The number of carboxylic acid groups (broad SMARTS) is 2. The highest BCUT2D eigenvalue weighted by Crippen LogP contribution is 2.38. The Morgan fingerprint density at radius 2 is 0.943 bits per heavy atom. The molecule has 10 aromatic rings. The molecule has 22 nitrogen and oxygen atoms in total. The third-order valence-electron chi connectivity index (χ3n) is 13.2. The maximum Gasteiger partial charge on any atom is 0.337 e. The first kappa shape index (κ1) is 90.4. The molecule has 0 aliphatic heterocycles. The zero-order valence-corrected chi connectivity index (χ0v) is 66.9. The quantitative estimate of drug-likeness (QED) is 0.00884. The molecule has 0 saturated heterocycles. The molecule has 9 aromatic carbocycles. The number of ether oxygens (including phenoxy) is 6. The zero-order chi connectivity index (χ0) is 78.6. The van der Waals surface area contributed by atoms with Crippen LogP contribution < -0.4 is 45.9 Å². The zero-order valence-electron chi connectivity index (χ0n) is 58.0. The molecule has 0 amide bonds. The molecule has 0 spiro atoms. The molecule has 0 bridgehead atoms. The standard InChI is InChI=1S/C16H16ClNO3.C16H14ClNO2.C8H8ClIO.C8H8ClNO3.C8H10ClNO.C8H9NO2.C6H3ClFNO2.C4H7IO2/c1-3-21-15-12(17)5-4-6-13(15)18-14-9-10(2)7-8-11(14)16(19)20;1-3-20-16-12(17)7-6-11-14(16)18-13-8-9(2)4-5-10(13)15(11)19;1-2-11-8-6(9)4-3-5-7(8)10;1-2-13-8-6(9)4-3-5-7(8)10(11)12;1-2-11-8-6(9)4-3-5-7(8)10;1-5-2-3-6(8(10)11)7(9)4-5;7-4-2-1-3-5(6(4)8)9(10)11;1-2-7-4(6)3-5/h4-9,18H,3H2,1-2H3,(H,19,20);4-8H,3H2,1-2H3,(H,18,19);3-5H,2H2,1H3;3-5H,2H2,1H3;3-5H,2,10H2,1H3;2-4H,9H2,1H3,(H,10,11);1-3H;2-3H2,1H3. The summed E-state index contributed by atoms with van der Waals surface area (Å²) < 4.78 is 45.4. The van der Waals surface area contributed by atoms with Gasteiger partial charge < -0.3 is 60.4 Å². The molecule has 560 valence electrons. The van der Waals surface area contributed by atoms with Crippen molar-refractivity contribution >= 4 is 189 Å². The fourth-order valence-electron chi connectivity index (χ4n) is 8.61. The third-order valence-corrected chi connectivity index (χ3v) is 16.4. The fourth-order valence-corrected chi connectivity index (χ4v) is 10.9. The second-order valence-electron chi connectivity index (χ2n) is 20.8. The van der Waals surface area contributed by atoms with E-state index in [4.69, 9.17) is 110 Å². The summed E-state index contributed by atoms with van der Waals surface area (Å²) in [5.41, 5.74) is 17.2. The predicted octanol–water partition coefficient (Wildman–Crippen LogP) is 21.5. The number of fused-ring (bicyclic) bond motifs is 2. The van der Waals surface area contributed by atoms with E-state index in [0.29, 0.717) is 120 Å². The Kier molecular flexibility index (Phi) is 40.4. The molecule has 8 N–H and O–H groups in total. The molecular weight excluding hydrogens is 1710 g/mol. The topological polar surface area (TPSA) is 330 Å². The van der Waals surface area contributed by atoms with Crippen LogP contribution in [0.2, 0.25) is 30.1 Å². The van der Waals surface area contributed by atoms with Crippen molar-refractivity contribution in [3.05, 3.63) is 256 Å². The summed E-state index contributed by atoms with van der Waals surface area (Å²) in [5.74, 6) is -0.542. The Balaban J connectivity index is 0.000000319. The number of nitrogens with one attached hydrogen (secondary N) is 2.